The van der Waals surface area contributed by atoms with Crippen LogP contribution < -0.4 is 0 Å². The predicted octanol–water partition coefficient (Wildman–Crippen LogP) is 6.23. The Hall–Kier alpha value is -0.200. The van der Waals surface area contributed by atoms with Gasteiger partial charge in [0, 0.05) is 29.3 Å². The zero-order valence-electron chi connectivity index (χ0n) is 21.4. The van der Waals surface area contributed by atoms with Gasteiger partial charge in [-0.2, -0.15) is 5.06 Å². The van der Waals surface area contributed by atoms with E-state index in [1.54, 1.807) is 0 Å². The molecule has 0 atom stereocenters. The normalized spacial score (nSPS) is 24.5. The second-order valence-corrected chi connectivity index (χ2v) is 11.4. The Morgan fingerprint density at radius 3 is 1.71 bits per heavy atom. The van der Waals surface area contributed by atoms with Gasteiger partial charge in [-0.3, -0.25) is 4.84 Å². The van der Waals surface area contributed by atoms with E-state index in [1.165, 1.54) is 51.4 Å². The van der Waals surface area contributed by atoms with Gasteiger partial charge in [0.2, 0.25) is 0 Å². The molecule has 0 radical (unpaired) electrons. The van der Waals surface area contributed by atoms with Crippen LogP contribution in [0.5, 0.6) is 0 Å². The average Bonchev–Trinajstić information content (AvgIpc) is 2.71. The first kappa shape index (κ1) is 27.0. The third kappa shape index (κ3) is 7.40. The molecule has 0 amide bonds. The van der Waals surface area contributed by atoms with Gasteiger partial charge in [-0.05, 0) is 40.5 Å². The molecule has 184 valence electrons. The lowest BCUT2D eigenvalue weighted by Crippen LogP contribution is -2.68. The van der Waals surface area contributed by atoms with E-state index in [1.807, 2.05) is 0 Å². The molecule has 0 aromatic rings. The molecule has 0 aromatic heterocycles. The fourth-order valence-corrected chi connectivity index (χ4v) is 5.53. The number of hydroxylamine groups is 2. The van der Waals surface area contributed by atoms with Crippen LogP contribution in [0.25, 0.3) is 0 Å². The summed E-state index contributed by atoms with van der Waals surface area (Å²) in [4.78, 5) is 6.37. The molecule has 0 aliphatic carbocycles. The van der Waals surface area contributed by atoms with E-state index in [-0.39, 0.29) is 23.1 Å². The lowest BCUT2D eigenvalue weighted by Gasteiger charge is -2.59. The van der Waals surface area contributed by atoms with Crippen LogP contribution in [0.2, 0.25) is 0 Å². The number of hydrogen-bond acceptors (Lipinski definition) is 5. The summed E-state index contributed by atoms with van der Waals surface area (Å²) in [6.07, 6.45) is 14.3. The third-order valence-corrected chi connectivity index (χ3v) is 7.34. The number of aliphatic hydroxyl groups excluding tert-OH is 1. The molecule has 0 saturated carbocycles. The van der Waals surface area contributed by atoms with Gasteiger partial charge < -0.3 is 14.6 Å². The van der Waals surface area contributed by atoms with Crippen molar-refractivity contribution in [1.29, 1.82) is 0 Å². The lowest BCUT2D eigenvalue weighted by molar-refractivity contribution is -0.384. The minimum atomic E-state index is -0.585. The fourth-order valence-electron chi connectivity index (χ4n) is 5.53. The second-order valence-electron chi connectivity index (χ2n) is 11.4. The van der Waals surface area contributed by atoms with Gasteiger partial charge in [0.25, 0.3) is 0 Å². The lowest BCUT2D eigenvalue weighted by atomic mass is 9.76. The highest BCUT2D eigenvalue weighted by atomic mass is 16.7. The van der Waals surface area contributed by atoms with E-state index in [9.17, 15) is 5.11 Å². The molecule has 1 N–H and O–H groups in total. The van der Waals surface area contributed by atoms with E-state index in [4.69, 9.17) is 14.3 Å². The summed E-state index contributed by atoms with van der Waals surface area (Å²) in [6.45, 7) is 15.3. The first-order valence-electron chi connectivity index (χ1n) is 13.0. The third-order valence-electron chi connectivity index (χ3n) is 7.34. The zero-order chi connectivity index (χ0) is 23.0. The quantitative estimate of drug-likeness (QED) is 0.343. The van der Waals surface area contributed by atoms with E-state index < -0.39 is 5.79 Å². The number of hydrogen-bond donors (Lipinski definition) is 1. The van der Waals surface area contributed by atoms with Crippen LogP contribution in [0.15, 0.2) is 0 Å². The molecular formula is C26H51NO4. The molecule has 2 aliphatic rings. The summed E-state index contributed by atoms with van der Waals surface area (Å²) >= 11 is 0. The van der Waals surface area contributed by atoms with Crippen molar-refractivity contribution < 1.29 is 19.4 Å². The van der Waals surface area contributed by atoms with Crippen molar-refractivity contribution in [3.8, 4) is 0 Å². The summed E-state index contributed by atoms with van der Waals surface area (Å²) in [5.74, 6) is -0.585. The summed E-state index contributed by atoms with van der Waals surface area (Å²) in [7, 11) is 0. The van der Waals surface area contributed by atoms with E-state index in [0.717, 1.165) is 32.3 Å². The number of rotatable bonds is 13. The van der Waals surface area contributed by atoms with Crippen molar-refractivity contribution in [2.75, 3.05) is 26.4 Å². The Morgan fingerprint density at radius 2 is 1.26 bits per heavy atom. The summed E-state index contributed by atoms with van der Waals surface area (Å²) in [5.41, 5.74) is -0.637. The van der Waals surface area contributed by atoms with Gasteiger partial charge >= 0.3 is 0 Å². The second kappa shape index (κ2) is 11.8. The molecule has 0 aromatic carbocycles. The highest BCUT2D eigenvalue weighted by Gasteiger charge is 2.57. The maximum absolute atomic E-state index is 9.81. The molecule has 5 heteroatoms. The monoisotopic (exact) mass is 441 g/mol. The first-order valence-corrected chi connectivity index (χ1v) is 13.0. The Balaban J connectivity index is 1.78. The first-order chi connectivity index (χ1) is 14.6. The van der Waals surface area contributed by atoms with E-state index >= 15 is 0 Å². The zero-order valence-corrected chi connectivity index (χ0v) is 21.4. The van der Waals surface area contributed by atoms with Gasteiger partial charge in [0.15, 0.2) is 5.79 Å². The van der Waals surface area contributed by atoms with Crippen molar-refractivity contribution in [2.24, 2.45) is 5.41 Å². The molecule has 5 nitrogen and oxygen atoms in total. The molecule has 2 heterocycles. The molecular weight excluding hydrogens is 390 g/mol. The van der Waals surface area contributed by atoms with Crippen molar-refractivity contribution in [3.05, 3.63) is 0 Å². The highest BCUT2D eigenvalue weighted by molar-refractivity contribution is 5.03. The molecule has 2 fully saturated rings. The van der Waals surface area contributed by atoms with Crippen LogP contribution in [0.3, 0.4) is 0 Å². The van der Waals surface area contributed by atoms with Gasteiger partial charge in [0.1, 0.15) is 0 Å². The summed E-state index contributed by atoms with van der Waals surface area (Å²) in [6, 6.07) is 0. The van der Waals surface area contributed by atoms with Crippen LogP contribution in [0.1, 0.15) is 119 Å². The molecule has 2 rings (SSSR count). The SMILES string of the molecule is CCCCCCCCCCCON1C(C)(C)CC2(CC1(C)C)OCC(CC)(CO)CO2. The molecule has 2 aliphatic heterocycles. The Labute approximate surface area is 192 Å². The average molecular weight is 442 g/mol. The Kier molecular flexibility index (Phi) is 10.3. The van der Waals surface area contributed by atoms with Crippen LogP contribution >= 0.6 is 0 Å². The van der Waals surface area contributed by atoms with E-state index in [2.05, 4.69) is 46.6 Å². The van der Waals surface area contributed by atoms with E-state index in [0.29, 0.717) is 13.2 Å². The van der Waals surface area contributed by atoms with Crippen molar-refractivity contribution in [2.45, 2.75) is 135 Å². The number of ether oxygens (including phenoxy) is 2. The van der Waals surface area contributed by atoms with Gasteiger partial charge in [-0.15, -0.1) is 0 Å². The van der Waals surface area contributed by atoms with Gasteiger partial charge in [-0.1, -0.05) is 65.2 Å². The number of aliphatic hydroxyl groups is 1. The minimum Gasteiger partial charge on any atom is -0.396 e. The van der Waals surface area contributed by atoms with Crippen LogP contribution in [0, 0.1) is 5.41 Å². The largest absolute Gasteiger partial charge is 0.396 e. The summed E-state index contributed by atoms with van der Waals surface area (Å²) in [5, 5.41) is 12.0. The number of nitrogens with zero attached hydrogens (tertiary/aromatic N) is 1. The smallest absolute Gasteiger partial charge is 0.171 e. The minimum absolute atomic E-state index is 0.111. The van der Waals surface area contributed by atoms with Crippen molar-refractivity contribution in [1.82, 2.24) is 5.06 Å². The molecule has 2 saturated heterocycles. The molecule has 0 unspecified atom stereocenters. The number of unbranched alkanes of at least 4 members (excludes halogenated alkanes) is 8. The topological polar surface area (TPSA) is 51.2 Å². The van der Waals surface area contributed by atoms with Crippen molar-refractivity contribution in [3.63, 3.8) is 0 Å². The Morgan fingerprint density at radius 1 is 0.774 bits per heavy atom. The highest BCUT2D eigenvalue weighted by Crippen LogP contribution is 2.49. The Bertz CT molecular complexity index is 486. The van der Waals surface area contributed by atoms with Crippen molar-refractivity contribution >= 4 is 0 Å². The van der Waals surface area contributed by atoms with Crippen LogP contribution in [-0.2, 0) is 14.3 Å². The molecule has 0 bridgehead atoms. The fraction of sp³-hybridized carbons (Fsp3) is 1.00. The van der Waals surface area contributed by atoms with Crippen LogP contribution in [0.4, 0.5) is 0 Å². The van der Waals surface area contributed by atoms with Gasteiger partial charge in [-0.25, -0.2) is 0 Å². The predicted molar refractivity (Wildman–Crippen MR) is 127 cm³/mol. The number of piperidine rings is 1. The maximum atomic E-state index is 9.81. The molecule has 1 spiro atoms. The van der Waals surface area contributed by atoms with Crippen LogP contribution in [-0.4, -0.2) is 53.5 Å². The maximum Gasteiger partial charge on any atom is 0.171 e. The molecule has 31 heavy (non-hydrogen) atoms. The standard InChI is InChI=1S/C26H51NO4/c1-7-9-10-11-12-13-14-15-16-17-31-27-23(3,4)18-26(19-24(27,5)6)29-21-25(8-2,20-28)22-30-26/h28H,7-22H2,1-6H3. The van der Waals surface area contributed by atoms with Gasteiger partial charge in [0.05, 0.1) is 26.4 Å². The summed E-state index contributed by atoms with van der Waals surface area (Å²) < 4.78 is 12.7.